The number of rotatable bonds is 4. The van der Waals surface area contributed by atoms with Crippen LogP contribution in [0.15, 0.2) is 18.2 Å². The van der Waals surface area contributed by atoms with Crippen LogP contribution in [0.1, 0.15) is 30.0 Å². The van der Waals surface area contributed by atoms with Gasteiger partial charge < -0.3 is 14.7 Å². The molecule has 0 spiro atoms. The van der Waals surface area contributed by atoms with E-state index in [2.05, 4.69) is 37.2 Å². The van der Waals surface area contributed by atoms with Crippen molar-refractivity contribution in [3.8, 4) is 5.75 Å². The monoisotopic (exact) mass is 235 g/mol. The van der Waals surface area contributed by atoms with Crippen LogP contribution >= 0.6 is 0 Å². The molecule has 3 heteroatoms. The number of aliphatic hydroxyl groups excluding tert-OH is 1. The minimum absolute atomic E-state index is 0.219. The van der Waals surface area contributed by atoms with Gasteiger partial charge in [-0.2, -0.15) is 0 Å². The molecule has 1 heterocycles. The summed E-state index contributed by atoms with van der Waals surface area (Å²) < 4.78 is 5.62. The van der Waals surface area contributed by atoms with Gasteiger partial charge in [-0.05, 0) is 50.6 Å². The minimum Gasteiger partial charge on any atom is -0.493 e. The first-order valence-corrected chi connectivity index (χ1v) is 6.25. The predicted molar refractivity (Wildman–Crippen MR) is 68.4 cm³/mol. The molecular formula is C14H21NO2. The van der Waals surface area contributed by atoms with Crippen molar-refractivity contribution in [3.63, 3.8) is 0 Å². The Bertz CT molecular complexity index is 376. The van der Waals surface area contributed by atoms with Crippen molar-refractivity contribution in [2.24, 2.45) is 0 Å². The third-order valence-electron chi connectivity index (χ3n) is 3.34. The molecule has 0 bridgehead atoms. The van der Waals surface area contributed by atoms with Gasteiger partial charge in [0.2, 0.25) is 0 Å². The van der Waals surface area contributed by atoms with Gasteiger partial charge in [-0.15, -0.1) is 0 Å². The Labute approximate surface area is 103 Å². The standard InChI is InChI=1S/C14H21NO2/c1-15(2)13(7-8-16)11-5-6-14-12(10-11)4-3-9-17-14/h5-6,10,13,16H,3-4,7-9H2,1-2H3. The predicted octanol–water partition coefficient (Wildman–Crippen LogP) is 2.00. The summed E-state index contributed by atoms with van der Waals surface area (Å²) in [6.45, 7) is 1.05. The summed E-state index contributed by atoms with van der Waals surface area (Å²) in [6.07, 6.45) is 2.97. The van der Waals surface area contributed by atoms with Gasteiger partial charge >= 0.3 is 0 Å². The van der Waals surface area contributed by atoms with Gasteiger partial charge in [-0.3, -0.25) is 0 Å². The Balaban J connectivity index is 2.25. The van der Waals surface area contributed by atoms with Gasteiger partial charge in [-0.25, -0.2) is 0 Å². The number of fused-ring (bicyclic) bond motifs is 1. The summed E-state index contributed by atoms with van der Waals surface area (Å²) in [6, 6.07) is 6.70. The van der Waals surface area contributed by atoms with Crippen molar-refractivity contribution < 1.29 is 9.84 Å². The third kappa shape index (κ3) is 2.79. The van der Waals surface area contributed by atoms with Crippen molar-refractivity contribution in [3.05, 3.63) is 29.3 Å². The Morgan fingerprint density at radius 3 is 2.94 bits per heavy atom. The van der Waals surface area contributed by atoms with Crippen molar-refractivity contribution in [2.45, 2.75) is 25.3 Å². The summed E-state index contributed by atoms with van der Waals surface area (Å²) in [5.41, 5.74) is 2.58. The lowest BCUT2D eigenvalue weighted by Gasteiger charge is -2.26. The molecule has 17 heavy (non-hydrogen) atoms. The lowest BCUT2D eigenvalue weighted by Crippen LogP contribution is -2.21. The van der Waals surface area contributed by atoms with Crippen LogP contribution in [-0.2, 0) is 6.42 Å². The van der Waals surface area contributed by atoms with Crippen LogP contribution in [-0.4, -0.2) is 37.3 Å². The lowest BCUT2D eigenvalue weighted by atomic mass is 9.97. The maximum atomic E-state index is 9.13. The molecule has 1 aromatic carbocycles. The molecule has 1 atom stereocenters. The Kier molecular flexibility index (Phi) is 4.02. The average Bonchev–Trinajstić information content (AvgIpc) is 2.35. The molecule has 0 saturated carbocycles. The highest BCUT2D eigenvalue weighted by atomic mass is 16.5. The zero-order chi connectivity index (χ0) is 12.3. The molecular weight excluding hydrogens is 214 g/mol. The Morgan fingerprint density at radius 2 is 2.24 bits per heavy atom. The zero-order valence-electron chi connectivity index (χ0n) is 10.6. The number of ether oxygens (including phenoxy) is 1. The van der Waals surface area contributed by atoms with E-state index in [-0.39, 0.29) is 12.6 Å². The lowest BCUT2D eigenvalue weighted by molar-refractivity contribution is 0.210. The first-order chi connectivity index (χ1) is 8.22. The molecule has 1 unspecified atom stereocenters. The fourth-order valence-corrected chi connectivity index (χ4v) is 2.43. The largest absolute Gasteiger partial charge is 0.493 e. The van der Waals surface area contributed by atoms with Gasteiger partial charge in [0.05, 0.1) is 6.61 Å². The van der Waals surface area contributed by atoms with Crippen LogP contribution in [0.3, 0.4) is 0 Å². The summed E-state index contributed by atoms with van der Waals surface area (Å²) in [7, 11) is 4.10. The van der Waals surface area contributed by atoms with Crippen LogP contribution in [0.4, 0.5) is 0 Å². The van der Waals surface area contributed by atoms with Crippen molar-refractivity contribution in [2.75, 3.05) is 27.3 Å². The molecule has 0 fully saturated rings. The van der Waals surface area contributed by atoms with E-state index in [1.165, 1.54) is 11.1 Å². The SMILES string of the molecule is CN(C)C(CCO)c1ccc2c(c1)CCCO2. The summed E-state index contributed by atoms with van der Waals surface area (Å²) in [4.78, 5) is 2.15. The zero-order valence-corrected chi connectivity index (χ0v) is 10.6. The summed E-state index contributed by atoms with van der Waals surface area (Å²) in [5.74, 6) is 1.03. The van der Waals surface area contributed by atoms with E-state index in [9.17, 15) is 0 Å². The second-order valence-electron chi connectivity index (χ2n) is 4.81. The molecule has 3 nitrogen and oxygen atoms in total. The molecule has 0 radical (unpaired) electrons. The van der Waals surface area contributed by atoms with Gasteiger partial charge in [0.1, 0.15) is 5.75 Å². The fraction of sp³-hybridized carbons (Fsp3) is 0.571. The number of benzene rings is 1. The molecule has 1 aliphatic heterocycles. The van der Waals surface area contributed by atoms with Gasteiger partial charge in [-0.1, -0.05) is 12.1 Å². The van der Waals surface area contributed by atoms with Crippen LogP contribution in [0.2, 0.25) is 0 Å². The van der Waals surface area contributed by atoms with Crippen LogP contribution in [0, 0.1) is 0 Å². The van der Waals surface area contributed by atoms with Crippen LogP contribution < -0.4 is 4.74 Å². The highest BCUT2D eigenvalue weighted by molar-refractivity contribution is 5.39. The van der Waals surface area contributed by atoms with E-state index >= 15 is 0 Å². The molecule has 2 rings (SSSR count). The summed E-state index contributed by atoms with van der Waals surface area (Å²) in [5, 5.41) is 9.13. The first kappa shape index (κ1) is 12.4. The van der Waals surface area contributed by atoms with E-state index < -0.39 is 0 Å². The van der Waals surface area contributed by atoms with E-state index in [0.29, 0.717) is 0 Å². The second-order valence-corrected chi connectivity index (χ2v) is 4.81. The maximum absolute atomic E-state index is 9.13. The number of hydrogen-bond donors (Lipinski definition) is 1. The van der Waals surface area contributed by atoms with Crippen molar-refractivity contribution in [1.29, 1.82) is 0 Å². The molecule has 1 N–H and O–H groups in total. The van der Waals surface area contributed by atoms with E-state index in [4.69, 9.17) is 9.84 Å². The first-order valence-electron chi connectivity index (χ1n) is 6.25. The van der Waals surface area contributed by atoms with Crippen LogP contribution in [0.25, 0.3) is 0 Å². The number of aryl methyl sites for hydroxylation is 1. The maximum Gasteiger partial charge on any atom is 0.122 e. The minimum atomic E-state index is 0.219. The van der Waals surface area contributed by atoms with E-state index in [1.54, 1.807) is 0 Å². The Hall–Kier alpha value is -1.06. The number of nitrogens with zero attached hydrogens (tertiary/aromatic N) is 1. The second kappa shape index (κ2) is 5.52. The molecule has 1 aromatic rings. The Morgan fingerprint density at radius 1 is 1.41 bits per heavy atom. The quantitative estimate of drug-likeness (QED) is 0.866. The highest BCUT2D eigenvalue weighted by Gasteiger charge is 2.17. The third-order valence-corrected chi connectivity index (χ3v) is 3.34. The smallest absolute Gasteiger partial charge is 0.122 e. The average molecular weight is 235 g/mol. The highest BCUT2D eigenvalue weighted by Crippen LogP contribution is 2.30. The molecule has 94 valence electrons. The molecule has 0 amide bonds. The normalized spacial score (nSPS) is 16.5. The fourth-order valence-electron chi connectivity index (χ4n) is 2.43. The van der Waals surface area contributed by atoms with Gasteiger partial charge in [0, 0.05) is 12.6 Å². The van der Waals surface area contributed by atoms with E-state index in [1.807, 2.05) is 0 Å². The molecule has 0 aromatic heterocycles. The van der Waals surface area contributed by atoms with Crippen molar-refractivity contribution >= 4 is 0 Å². The van der Waals surface area contributed by atoms with Gasteiger partial charge in [0.25, 0.3) is 0 Å². The number of hydrogen-bond acceptors (Lipinski definition) is 3. The molecule has 0 aliphatic carbocycles. The van der Waals surface area contributed by atoms with Crippen LogP contribution in [0.5, 0.6) is 5.75 Å². The molecule has 1 aliphatic rings. The number of aliphatic hydroxyl groups is 1. The van der Waals surface area contributed by atoms with Crippen molar-refractivity contribution in [1.82, 2.24) is 4.90 Å². The van der Waals surface area contributed by atoms with Gasteiger partial charge in [0.15, 0.2) is 0 Å². The molecule has 0 saturated heterocycles. The van der Waals surface area contributed by atoms with E-state index in [0.717, 1.165) is 31.6 Å². The topological polar surface area (TPSA) is 32.7 Å². The summed E-state index contributed by atoms with van der Waals surface area (Å²) >= 11 is 0.